The second kappa shape index (κ2) is 5.35. The maximum Gasteiger partial charge on any atom is 0.305 e. The van der Waals surface area contributed by atoms with Gasteiger partial charge in [0, 0.05) is 12.3 Å². The minimum atomic E-state index is -1.08. The summed E-state index contributed by atoms with van der Waals surface area (Å²) in [5, 5.41) is 26.0. The molecule has 0 aromatic heterocycles. The lowest BCUT2D eigenvalue weighted by Crippen LogP contribution is -2.21. The number of halogens is 1. The Morgan fingerprint density at radius 1 is 1.36 bits per heavy atom. The number of hydrogen-bond donors (Lipinski definition) is 3. The quantitative estimate of drug-likeness (QED) is 0.515. The van der Waals surface area contributed by atoms with Crippen LogP contribution in [0, 0.1) is 0 Å². The van der Waals surface area contributed by atoms with E-state index in [0.29, 0.717) is 0 Å². The van der Waals surface area contributed by atoms with E-state index in [1.807, 2.05) is 0 Å². The smallest absolute Gasteiger partial charge is 0.305 e. The fourth-order valence-corrected chi connectivity index (χ4v) is 0.788. The van der Waals surface area contributed by atoms with Crippen LogP contribution in [0.25, 0.3) is 0 Å². The van der Waals surface area contributed by atoms with Crippen molar-refractivity contribution in [2.24, 2.45) is 0 Å². The maximum atomic E-state index is 10.0. The summed E-state index contributed by atoms with van der Waals surface area (Å²) in [6.07, 6.45) is -2.18. The van der Waals surface area contributed by atoms with Gasteiger partial charge in [-0.25, -0.2) is 0 Å². The average Bonchev–Trinajstić information content (AvgIpc) is 1.85. The molecular formula is C6H11ClO4. The van der Waals surface area contributed by atoms with Crippen LogP contribution in [-0.4, -0.2) is 39.4 Å². The molecule has 2 atom stereocenters. The minimum Gasteiger partial charge on any atom is -0.481 e. The van der Waals surface area contributed by atoms with Gasteiger partial charge in [-0.3, -0.25) is 4.79 Å². The van der Waals surface area contributed by atoms with Gasteiger partial charge in [0.15, 0.2) is 0 Å². The van der Waals surface area contributed by atoms with Gasteiger partial charge in [0.05, 0.1) is 18.6 Å². The molecule has 0 amide bonds. The topological polar surface area (TPSA) is 77.8 Å². The highest BCUT2D eigenvalue weighted by atomic mass is 35.5. The van der Waals surface area contributed by atoms with Gasteiger partial charge >= 0.3 is 5.97 Å². The highest BCUT2D eigenvalue weighted by molar-refractivity contribution is 6.18. The monoisotopic (exact) mass is 182 g/mol. The average molecular weight is 183 g/mol. The molecule has 0 aliphatic carbocycles. The molecule has 0 radical (unpaired) electrons. The summed E-state index contributed by atoms with van der Waals surface area (Å²) in [5.41, 5.74) is 0. The van der Waals surface area contributed by atoms with Crippen LogP contribution in [0.1, 0.15) is 12.8 Å². The van der Waals surface area contributed by atoms with Crippen molar-refractivity contribution in [3.05, 3.63) is 0 Å². The number of aliphatic hydroxyl groups excluding tert-OH is 2. The maximum absolute atomic E-state index is 10.0. The first-order valence-electron chi connectivity index (χ1n) is 3.20. The van der Waals surface area contributed by atoms with Crippen LogP contribution >= 0.6 is 11.6 Å². The van der Waals surface area contributed by atoms with Crippen LogP contribution < -0.4 is 0 Å². The molecule has 0 spiro atoms. The van der Waals surface area contributed by atoms with E-state index in [0.717, 1.165) is 0 Å². The predicted molar refractivity (Wildman–Crippen MR) is 39.6 cm³/mol. The molecule has 0 aliphatic heterocycles. The van der Waals surface area contributed by atoms with E-state index in [-0.39, 0.29) is 18.7 Å². The Balaban J connectivity index is 3.51. The van der Waals surface area contributed by atoms with E-state index < -0.39 is 18.2 Å². The summed E-state index contributed by atoms with van der Waals surface area (Å²) >= 11 is 5.22. The zero-order valence-electron chi connectivity index (χ0n) is 5.90. The molecule has 0 fully saturated rings. The Morgan fingerprint density at radius 2 is 1.91 bits per heavy atom. The number of carbonyl (C=O) groups is 1. The van der Waals surface area contributed by atoms with Crippen molar-refractivity contribution < 1.29 is 20.1 Å². The van der Waals surface area contributed by atoms with Crippen LogP contribution in [0.2, 0.25) is 0 Å². The summed E-state index contributed by atoms with van der Waals surface area (Å²) in [4.78, 5) is 10.0. The zero-order valence-corrected chi connectivity index (χ0v) is 6.66. The van der Waals surface area contributed by atoms with Crippen molar-refractivity contribution >= 4 is 17.6 Å². The van der Waals surface area contributed by atoms with Gasteiger partial charge in [0.1, 0.15) is 0 Å². The fourth-order valence-electron chi connectivity index (χ4n) is 0.662. The van der Waals surface area contributed by atoms with Gasteiger partial charge in [0.2, 0.25) is 0 Å². The number of aliphatic carboxylic acids is 1. The summed E-state index contributed by atoms with van der Waals surface area (Å²) in [5.74, 6) is -1.07. The third kappa shape index (κ3) is 6.09. The molecule has 0 heterocycles. The lowest BCUT2D eigenvalue weighted by atomic mass is 10.1. The van der Waals surface area contributed by atoms with Crippen molar-refractivity contribution in [1.82, 2.24) is 0 Å². The first-order valence-corrected chi connectivity index (χ1v) is 3.73. The van der Waals surface area contributed by atoms with E-state index in [1.165, 1.54) is 0 Å². The van der Waals surface area contributed by atoms with E-state index in [2.05, 4.69) is 0 Å². The van der Waals surface area contributed by atoms with E-state index >= 15 is 0 Å². The molecule has 5 heteroatoms. The summed E-state index contributed by atoms with van der Waals surface area (Å²) in [6.45, 7) is 0. The van der Waals surface area contributed by atoms with Crippen molar-refractivity contribution in [2.45, 2.75) is 25.0 Å². The summed E-state index contributed by atoms with van der Waals surface area (Å²) in [7, 11) is 0. The van der Waals surface area contributed by atoms with E-state index in [9.17, 15) is 4.79 Å². The second-order valence-corrected chi connectivity index (χ2v) is 2.60. The lowest BCUT2D eigenvalue weighted by Gasteiger charge is -2.10. The number of carboxylic acid groups (broad SMARTS) is 1. The normalized spacial score (nSPS) is 15.9. The Bertz CT molecular complexity index is 128. The van der Waals surface area contributed by atoms with Crippen LogP contribution in [0.15, 0.2) is 0 Å². The fraction of sp³-hybridized carbons (Fsp3) is 0.833. The first kappa shape index (κ1) is 10.7. The SMILES string of the molecule is O=C(O)C[C@H](O)C[C@H](O)CCl. The molecule has 66 valence electrons. The number of hydrogen-bond acceptors (Lipinski definition) is 3. The largest absolute Gasteiger partial charge is 0.481 e. The molecule has 3 N–H and O–H groups in total. The molecule has 4 nitrogen and oxygen atoms in total. The van der Waals surface area contributed by atoms with Gasteiger partial charge in [-0.2, -0.15) is 0 Å². The van der Waals surface area contributed by atoms with Crippen LogP contribution in [0.4, 0.5) is 0 Å². The van der Waals surface area contributed by atoms with Crippen molar-refractivity contribution in [3.8, 4) is 0 Å². The third-order valence-electron chi connectivity index (χ3n) is 1.13. The first-order chi connectivity index (χ1) is 5.06. The molecule has 0 unspecified atom stereocenters. The Morgan fingerprint density at radius 3 is 2.27 bits per heavy atom. The Hall–Kier alpha value is -0.320. The molecule has 0 rings (SSSR count). The summed E-state index contributed by atoms with van der Waals surface area (Å²) in [6, 6.07) is 0. The lowest BCUT2D eigenvalue weighted by molar-refractivity contribution is -0.139. The van der Waals surface area contributed by atoms with E-state index in [1.54, 1.807) is 0 Å². The van der Waals surface area contributed by atoms with Gasteiger partial charge in [-0.1, -0.05) is 0 Å². The Labute approximate surface area is 69.4 Å². The molecule has 0 aromatic rings. The molecular weight excluding hydrogens is 172 g/mol. The standard InChI is InChI=1S/C6H11ClO4/c7-3-5(9)1-4(8)2-6(10)11/h4-5,8-9H,1-3H2,(H,10,11)/t4-,5+/m1/s1. The van der Waals surface area contributed by atoms with Crippen LogP contribution in [0.3, 0.4) is 0 Å². The molecule has 0 aromatic carbocycles. The molecule has 11 heavy (non-hydrogen) atoms. The number of alkyl halides is 1. The van der Waals surface area contributed by atoms with Gasteiger partial charge < -0.3 is 15.3 Å². The third-order valence-corrected chi connectivity index (χ3v) is 1.49. The minimum absolute atomic E-state index is 0.00972. The van der Waals surface area contributed by atoms with Crippen LogP contribution in [-0.2, 0) is 4.79 Å². The van der Waals surface area contributed by atoms with Crippen molar-refractivity contribution in [1.29, 1.82) is 0 Å². The predicted octanol–water partition coefficient (Wildman–Crippen LogP) is -0.188. The van der Waals surface area contributed by atoms with E-state index in [4.69, 9.17) is 26.9 Å². The molecule has 0 bridgehead atoms. The number of carboxylic acids is 1. The molecule has 0 aliphatic rings. The molecule has 0 saturated heterocycles. The Kier molecular flexibility index (Phi) is 5.19. The molecule has 0 saturated carbocycles. The van der Waals surface area contributed by atoms with Gasteiger partial charge in [0.25, 0.3) is 0 Å². The van der Waals surface area contributed by atoms with Crippen molar-refractivity contribution in [2.75, 3.05) is 5.88 Å². The number of rotatable bonds is 5. The highest BCUT2D eigenvalue weighted by Crippen LogP contribution is 2.03. The number of aliphatic hydroxyl groups is 2. The second-order valence-electron chi connectivity index (χ2n) is 2.30. The highest BCUT2D eigenvalue weighted by Gasteiger charge is 2.13. The van der Waals surface area contributed by atoms with Crippen LogP contribution in [0.5, 0.6) is 0 Å². The van der Waals surface area contributed by atoms with Gasteiger partial charge in [-0.15, -0.1) is 11.6 Å². The zero-order chi connectivity index (χ0) is 8.85. The van der Waals surface area contributed by atoms with Crippen molar-refractivity contribution in [3.63, 3.8) is 0 Å². The van der Waals surface area contributed by atoms with Gasteiger partial charge in [-0.05, 0) is 0 Å². The summed E-state index contributed by atoms with van der Waals surface area (Å²) < 4.78 is 0.